The van der Waals surface area contributed by atoms with E-state index in [1.165, 1.54) is 4.90 Å². The molecule has 1 fully saturated rings. The Bertz CT molecular complexity index is 687. The van der Waals surface area contributed by atoms with E-state index in [2.05, 4.69) is 0 Å². The average molecular weight is 311 g/mol. The van der Waals surface area contributed by atoms with Crippen molar-refractivity contribution < 1.29 is 19.1 Å². The van der Waals surface area contributed by atoms with Crippen molar-refractivity contribution in [3.05, 3.63) is 71.8 Å². The first-order valence-electron chi connectivity index (χ1n) is 7.41. The van der Waals surface area contributed by atoms with Gasteiger partial charge in [-0.05, 0) is 12.5 Å². The summed E-state index contributed by atoms with van der Waals surface area (Å²) < 4.78 is 10.7. The summed E-state index contributed by atoms with van der Waals surface area (Å²) in [7, 11) is 0. The number of ether oxygens (including phenoxy) is 2. The van der Waals surface area contributed by atoms with E-state index in [0.717, 1.165) is 11.1 Å². The van der Waals surface area contributed by atoms with E-state index in [9.17, 15) is 9.59 Å². The Kier molecular flexibility index (Phi) is 4.28. The molecule has 1 saturated heterocycles. The van der Waals surface area contributed by atoms with Crippen LogP contribution in [0.1, 0.15) is 24.3 Å². The molecule has 2 aromatic rings. The molecular weight excluding hydrogens is 294 g/mol. The number of carbonyl (C=O) groups excluding carboxylic acids is 2. The molecule has 1 amide bonds. The van der Waals surface area contributed by atoms with Crippen LogP contribution in [0.4, 0.5) is 4.79 Å². The summed E-state index contributed by atoms with van der Waals surface area (Å²) >= 11 is 0. The molecule has 5 nitrogen and oxygen atoms in total. The van der Waals surface area contributed by atoms with Gasteiger partial charge in [0.25, 0.3) is 0 Å². The first kappa shape index (κ1) is 15.1. The van der Waals surface area contributed by atoms with Crippen LogP contribution in [-0.2, 0) is 20.9 Å². The van der Waals surface area contributed by atoms with Gasteiger partial charge in [-0.25, -0.2) is 9.59 Å². The van der Waals surface area contributed by atoms with Gasteiger partial charge in [0.2, 0.25) is 6.23 Å². The lowest BCUT2D eigenvalue weighted by Crippen LogP contribution is -2.38. The van der Waals surface area contributed by atoms with E-state index in [0.29, 0.717) is 0 Å². The molecule has 5 heteroatoms. The first-order chi connectivity index (χ1) is 11.2. The van der Waals surface area contributed by atoms with E-state index in [-0.39, 0.29) is 6.61 Å². The van der Waals surface area contributed by atoms with Crippen molar-refractivity contribution in [1.82, 2.24) is 4.90 Å². The van der Waals surface area contributed by atoms with Gasteiger partial charge in [0, 0.05) is 5.56 Å². The Hall–Kier alpha value is -2.82. The number of cyclic esters (lactones) is 1. The maximum absolute atomic E-state index is 12.4. The second kappa shape index (κ2) is 6.52. The van der Waals surface area contributed by atoms with Crippen molar-refractivity contribution in [2.45, 2.75) is 25.8 Å². The van der Waals surface area contributed by atoms with Crippen LogP contribution in [0.2, 0.25) is 0 Å². The van der Waals surface area contributed by atoms with E-state index >= 15 is 0 Å². The summed E-state index contributed by atoms with van der Waals surface area (Å²) in [5.41, 5.74) is 1.62. The maximum Gasteiger partial charge on any atom is 0.414 e. The van der Waals surface area contributed by atoms with Gasteiger partial charge in [-0.2, -0.15) is 0 Å². The highest BCUT2D eigenvalue weighted by Gasteiger charge is 2.44. The van der Waals surface area contributed by atoms with Crippen LogP contribution in [-0.4, -0.2) is 23.0 Å². The summed E-state index contributed by atoms with van der Waals surface area (Å²) in [5.74, 6) is -0.435. The highest BCUT2D eigenvalue weighted by molar-refractivity contribution is 5.84. The fraction of sp³-hybridized carbons (Fsp3) is 0.222. The smallest absolute Gasteiger partial charge is 0.414 e. The Morgan fingerprint density at radius 2 is 1.70 bits per heavy atom. The number of esters is 1. The van der Waals surface area contributed by atoms with Crippen LogP contribution in [0.15, 0.2) is 60.7 Å². The Morgan fingerprint density at radius 3 is 2.35 bits per heavy atom. The second-order valence-corrected chi connectivity index (χ2v) is 5.32. The van der Waals surface area contributed by atoms with E-state index in [1.54, 1.807) is 6.92 Å². The highest BCUT2D eigenvalue weighted by Crippen LogP contribution is 2.32. The third kappa shape index (κ3) is 3.18. The first-order valence-corrected chi connectivity index (χ1v) is 7.41. The zero-order chi connectivity index (χ0) is 16.2. The van der Waals surface area contributed by atoms with Crippen LogP contribution in [0.5, 0.6) is 0 Å². The van der Waals surface area contributed by atoms with Gasteiger partial charge in [-0.15, -0.1) is 0 Å². The molecule has 0 radical (unpaired) electrons. The molecule has 0 saturated carbocycles. The van der Waals surface area contributed by atoms with Crippen LogP contribution in [0.25, 0.3) is 0 Å². The molecule has 0 aromatic heterocycles. The molecule has 3 rings (SSSR count). The number of amides is 1. The molecule has 0 bridgehead atoms. The number of nitrogens with zero attached hydrogens (tertiary/aromatic N) is 1. The van der Waals surface area contributed by atoms with E-state index in [4.69, 9.17) is 9.47 Å². The summed E-state index contributed by atoms with van der Waals surface area (Å²) in [6, 6.07) is 17.9. The summed E-state index contributed by atoms with van der Waals surface area (Å²) in [4.78, 5) is 25.6. The van der Waals surface area contributed by atoms with Gasteiger partial charge in [-0.1, -0.05) is 60.7 Å². The summed E-state index contributed by atoms with van der Waals surface area (Å²) in [6.07, 6.45) is -1.32. The number of rotatable bonds is 3. The molecule has 23 heavy (non-hydrogen) atoms. The molecule has 118 valence electrons. The highest BCUT2D eigenvalue weighted by atomic mass is 16.6. The van der Waals surface area contributed by atoms with Crippen molar-refractivity contribution in [2.24, 2.45) is 0 Å². The molecule has 1 heterocycles. The van der Waals surface area contributed by atoms with Crippen molar-refractivity contribution in [2.75, 3.05) is 0 Å². The van der Waals surface area contributed by atoms with Crippen molar-refractivity contribution in [3.8, 4) is 0 Å². The fourth-order valence-corrected chi connectivity index (χ4v) is 2.48. The lowest BCUT2D eigenvalue weighted by atomic mass is 10.2. The molecule has 0 spiro atoms. The minimum absolute atomic E-state index is 0.151. The number of benzene rings is 2. The number of hydrogen-bond acceptors (Lipinski definition) is 4. The van der Waals surface area contributed by atoms with Gasteiger partial charge in [0.05, 0.1) is 0 Å². The maximum atomic E-state index is 12.4. The third-order valence-electron chi connectivity index (χ3n) is 3.74. The van der Waals surface area contributed by atoms with Crippen LogP contribution in [0.3, 0.4) is 0 Å². The second-order valence-electron chi connectivity index (χ2n) is 5.32. The SMILES string of the molecule is C[C@H]1C(=O)O[C@@H](c2ccccc2)N1C(=O)OCc1ccccc1. The predicted molar refractivity (Wildman–Crippen MR) is 83.2 cm³/mol. The van der Waals surface area contributed by atoms with Crippen molar-refractivity contribution >= 4 is 12.1 Å². The van der Waals surface area contributed by atoms with Gasteiger partial charge in [-0.3, -0.25) is 4.90 Å². The zero-order valence-corrected chi connectivity index (χ0v) is 12.7. The van der Waals surface area contributed by atoms with Crippen molar-refractivity contribution in [3.63, 3.8) is 0 Å². The minimum Gasteiger partial charge on any atom is -0.444 e. The molecule has 1 aliphatic rings. The molecule has 1 aliphatic heterocycles. The van der Waals surface area contributed by atoms with Crippen LogP contribution >= 0.6 is 0 Å². The normalized spacial score (nSPS) is 20.2. The van der Waals surface area contributed by atoms with E-state index in [1.807, 2.05) is 60.7 Å². The summed E-state index contributed by atoms with van der Waals surface area (Å²) in [5, 5.41) is 0. The number of carbonyl (C=O) groups is 2. The van der Waals surface area contributed by atoms with Gasteiger partial charge in [0.15, 0.2) is 0 Å². The standard InChI is InChI=1S/C18H17NO4/c1-13-17(20)23-16(15-10-6-3-7-11-15)19(13)18(21)22-12-14-8-4-2-5-9-14/h2-11,13,16H,12H2,1H3/t13-,16-/m0/s1. The summed E-state index contributed by atoms with van der Waals surface area (Å²) in [6.45, 7) is 1.79. The van der Waals surface area contributed by atoms with Crippen LogP contribution in [0, 0.1) is 0 Å². The Balaban J connectivity index is 1.75. The van der Waals surface area contributed by atoms with Gasteiger partial charge in [0.1, 0.15) is 12.6 Å². The Labute approximate surface area is 134 Å². The van der Waals surface area contributed by atoms with Crippen LogP contribution < -0.4 is 0 Å². The quantitative estimate of drug-likeness (QED) is 0.816. The topological polar surface area (TPSA) is 55.8 Å². The largest absolute Gasteiger partial charge is 0.444 e. The molecule has 2 aromatic carbocycles. The van der Waals surface area contributed by atoms with Gasteiger partial charge >= 0.3 is 12.1 Å². The van der Waals surface area contributed by atoms with Crippen molar-refractivity contribution in [1.29, 1.82) is 0 Å². The molecular formula is C18H17NO4. The predicted octanol–water partition coefficient (Wildman–Crippen LogP) is 3.27. The fourth-order valence-electron chi connectivity index (χ4n) is 2.48. The minimum atomic E-state index is -0.748. The lowest BCUT2D eigenvalue weighted by Gasteiger charge is -2.24. The van der Waals surface area contributed by atoms with E-state index < -0.39 is 24.3 Å². The number of hydrogen-bond donors (Lipinski definition) is 0. The molecule has 0 aliphatic carbocycles. The average Bonchev–Trinajstić information content (AvgIpc) is 2.90. The third-order valence-corrected chi connectivity index (χ3v) is 3.74. The van der Waals surface area contributed by atoms with Gasteiger partial charge < -0.3 is 9.47 Å². The molecule has 0 N–H and O–H groups in total. The Morgan fingerprint density at radius 1 is 1.09 bits per heavy atom. The lowest BCUT2D eigenvalue weighted by molar-refractivity contribution is -0.142. The zero-order valence-electron chi connectivity index (χ0n) is 12.7. The molecule has 2 atom stereocenters. The molecule has 0 unspecified atom stereocenters. The monoisotopic (exact) mass is 311 g/mol.